The van der Waals surface area contributed by atoms with Crippen molar-refractivity contribution in [3.63, 3.8) is 0 Å². The first-order valence-corrected chi connectivity index (χ1v) is 16.8. The summed E-state index contributed by atoms with van der Waals surface area (Å²) >= 11 is 0. The summed E-state index contributed by atoms with van der Waals surface area (Å²) < 4.78 is 58.4. The molecule has 0 aliphatic carbocycles. The molecule has 6 rings (SSSR count). The van der Waals surface area contributed by atoms with Gasteiger partial charge in [-0.3, -0.25) is 9.69 Å². The Bertz CT molecular complexity index is 1420. The number of ether oxygens (including phenoxy) is 3. The van der Waals surface area contributed by atoms with Gasteiger partial charge >= 0.3 is 6.18 Å². The lowest BCUT2D eigenvalue weighted by molar-refractivity contribution is -0.137. The molecule has 4 saturated heterocycles. The number of hydrogen-bond acceptors (Lipinski definition) is 7. The molecule has 8 nitrogen and oxygen atoms in total. The second kappa shape index (κ2) is 14.4. The quantitative estimate of drug-likeness (QED) is 0.370. The molecule has 0 bridgehead atoms. The Kier molecular flexibility index (Phi) is 10.3. The van der Waals surface area contributed by atoms with E-state index < -0.39 is 11.7 Å². The van der Waals surface area contributed by atoms with Gasteiger partial charge in [0.2, 0.25) is 5.91 Å². The van der Waals surface area contributed by atoms with Crippen LogP contribution in [0.15, 0.2) is 42.5 Å². The molecular weight excluding hydrogens is 609 g/mol. The zero-order valence-electron chi connectivity index (χ0n) is 27.3. The molecule has 0 saturated carbocycles. The van der Waals surface area contributed by atoms with Crippen LogP contribution >= 0.6 is 0 Å². The molecule has 11 heteroatoms. The van der Waals surface area contributed by atoms with Gasteiger partial charge in [-0.1, -0.05) is 18.2 Å². The third-order valence-corrected chi connectivity index (χ3v) is 10.8. The molecule has 0 spiro atoms. The van der Waals surface area contributed by atoms with Crippen molar-refractivity contribution in [2.75, 3.05) is 78.2 Å². The predicted octanol–water partition coefficient (Wildman–Crippen LogP) is 5.54. The lowest BCUT2D eigenvalue weighted by atomic mass is 9.86. The molecule has 4 aliphatic rings. The smallest absolute Gasteiger partial charge is 0.416 e. The van der Waals surface area contributed by atoms with Crippen molar-refractivity contribution in [1.82, 2.24) is 9.80 Å². The van der Waals surface area contributed by atoms with Crippen molar-refractivity contribution in [2.45, 2.75) is 49.7 Å². The number of halogens is 3. The molecule has 0 unspecified atom stereocenters. The highest BCUT2D eigenvalue weighted by molar-refractivity contribution is 5.81. The van der Waals surface area contributed by atoms with Gasteiger partial charge in [-0.05, 0) is 61.1 Å². The number of alkyl halides is 3. The number of hydrogen-bond donors (Lipinski definition) is 0. The Morgan fingerprint density at radius 3 is 2.32 bits per heavy atom. The number of methoxy groups -OCH3 is 2. The summed E-state index contributed by atoms with van der Waals surface area (Å²) in [5.41, 5.74) is 1.79. The predicted molar refractivity (Wildman–Crippen MR) is 171 cm³/mol. The number of piperidine rings is 1. The Morgan fingerprint density at radius 1 is 0.957 bits per heavy atom. The number of nitrogens with zero attached hydrogens (tertiary/aromatic N) is 4. The highest BCUT2D eigenvalue weighted by Crippen LogP contribution is 2.44. The molecule has 4 heterocycles. The fourth-order valence-corrected chi connectivity index (χ4v) is 8.20. The van der Waals surface area contributed by atoms with E-state index >= 15 is 0 Å². The summed E-state index contributed by atoms with van der Waals surface area (Å²) in [4.78, 5) is 21.0. The van der Waals surface area contributed by atoms with Gasteiger partial charge in [0.15, 0.2) is 0 Å². The average Bonchev–Trinajstić information content (AvgIpc) is 3.73. The second-order valence-corrected chi connectivity index (χ2v) is 13.5. The first-order chi connectivity index (χ1) is 22.7. The Hall–Kier alpha value is -3.33. The van der Waals surface area contributed by atoms with Gasteiger partial charge < -0.3 is 24.0 Å². The second-order valence-electron chi connectivity index (χ2n) is 13.5. The van der Waals surface area contributed by atoms with Crippen LogP contribution in [0.1, 0.15) is 54.2 Å². The highest BCUT2D eigenvalue weighted by Gasteiger charge is 2.46. The molecule has 0 N–H and O–H groups in total. The zero-order valence-corrected chi connectivity index (χ0v) is 27.3. The number of likely N-dealkylation sites (tertiary alicyclic amines) is 2. The summed E-state index contributed by atoms with van der Waals surface area (Å²) in [6.07, 6.45) is -1.36. The summed E-state index contributed by atoms with van der Waals surface area (Å²) in [6.45, 7) is 5.23. The van der Waals surface area contributed by atoms with E-state index in [1.165, 1.54) is 6.07 Å². The number of anilines is 1. The van der Waals surface area contributed by atoms with Crippen molar-refractivity contribution in [1.29, 1.82) is 5.26 Å². The molecule has 254 valence electrons. The van der Waals surface area contributed by atoms with Gasteiger partial charge in [-0.2, -0.15) is 18.4 Å². The summed E-state index contributed by atoms with van der Waals surface area (Å²) in [7, 11) is 3.27. The van der Waals surface area contributed by atoms with E-state index in [0.717, 1.165) is 55.5 Å². The van der Waals surface area contributed by atoms with E-state index in [4.69, 9.17) is 14.2 Å². The van der Waals surface area contributed by atoms with Crippen LogP contribution in [0.4, 0.5) is 18.9 Å². The minimum atomic E-state index is -4.48. The molecule has 4 aliphatic heterocycles. The van der Waals surface area contributed by atoms with E-state index in [1.54, 1.807) is 20.3 Å². The molecule has 4 fully saturated rings. The lowest BCUT2D eigenvalue weighted by Gasteiger charge is -2.35. The number of amides is 1. The molecule has 0 radical (unpaired) electrons. The van der Waals surface area contributed by atoms with Crippen LogP contribution in [-0.4, -0.2) is 95.1 Å². The van der Waals surface area contributed by atoms with Gasteiger partial charge in [0.25, 0.3) is 0 Å². The topological polar surface area (TPSA) is 78.3 Å². The first kappa shape index (κ1) is 33.6. The van der Waals surface area contributed by atoms with Crippen LogP contribution in [0.25, 0.3) is 0 Å². The van der Waals surface area contributed by atoms with Crippen LogP contribution in [0.2, 0.25) is 0 Å². The molecule has 1 amide bonds. The molecule has 47 heavy (non-hydrogen) atoms. The van der Waals surface area contributed by atoms with E-state index in [2.05, 4.69) is 23.1 Å². The molecule has 0 aromatic heterocycles. The van der Waals surface area contributed by atoms with Gasteiger partial charge in [0, 0.05) is 95.0 Å². The molecular formula is C36H45F3N4O4. The Morgan fingerprint density at radius 2 is 1.68 bits per heavy atom. The van der Waals surface area contributed by atoms with Crippen LogP contribution in [-0.2, 0) is 20.4 Å². The number of nitriles is 1. The van der Waals surface area contributed by atoms with E-state index in [9.17, 15) is 23.2 Å². The number of carbonyl (C=O) groups is 1. The third-order valence-electron chi connectivity index (χ3n) is 10.8. The fraction of sp³-hybridized carbons (Fsp3) is 0.611. The maximum atomic E-state index is 14.6. The molecule has 4 atom stereocenters. The summed E-state index contributed by atoms with van der Waals surface area (Å²) in [5, 5.41) is 9.41. The largest absolute Gasteiger partial charge is 0.497 e. The summed E-state index contributed by atoms with van der Waals surface area (Å²) in [5.74, 6) is 0.287. The highest BCUT2D eigenvalue weighted by atomic mass is 19.4. The van der Waals surface area contributed by atoms with Gasteiger partial charge in [0.1, 0.15) is 5.75 Å². The van der Waals surface area contributed by atoms with E-state index in [0.29, 0.717) is 63.9 Å². The van der Waals surface area contributed by atoms with Gasteiger partial charge in [0.05, 0.1) is 31.3 Å². The van der Waals surface area contributed by atoms with Crippen LogP contribution < -0.4 is 9.64 Å². The van der Waals surface area contributed by atoms with Crippen molar-refractivity contribution < 1.29 is 32.2 Å². The SMILES string of the molecule is COC[C@H]1CN(C(=O)[C@@H]2CN(C3CCOCC3)C[C@H]2c2ccc(OC)cc2)C[C@@H]1c1ccc(C(F)(F)F)cc1N1CCC(C#N)CC1. The minimum absolute atomic E-state index is 0.0132. The normalized spacial score (nSPS) is 26.5. The average molecular weight is 655 g/mol. The van der Waals surface area contributed by atoms with Crippen LogP contribution in [0, 0.1) is 29.1 Å². The first-order valence-electron chi connectivity index (χ1n) is 16.8. The Labute approximate surface area is 275 Å². The minimum Gasteiger partial charge on any atom is -0.497 e. The molecule has 2 aromatic rings. The fourth-order valence-electron chi connectivity index (χ4n) is 8.20. The van der Waals surface area contributed by atoms with E-state index in [-0.39, 0.29) is 35.5 Å². The number of benzene rings is 2. The lowest BCUT2D eigenvalue weighted by Crippen LogP contribution is -2.40. The van der Waals surface area contributed by atoms with Crippen LogP contribution in [0.3, 0.4) is 0 Å². The van der Waals surface area contributed by atoms with Crippen molar-refractivity contribution in [3.8, 4) is 11.8 Å². The number of rotatable bonds is 8. The van der Waals surface area contributed by atoms with Gasteiger partial charge in [-0.15, -0.1) is 0 Å². The third kappa shape index (κ3) is 7.25. The van der Waals surface area contributed by atoms with E-state index in [1.807, 2.05) is 21.9 Å². The monoisotopic (exact) mass is 654 g/mol. The summed E-state index contributed by atoms with van der Waals surface area (Å²) in [6, 6.07) is 14.7. The van der Waals surface area contributed by atoms with Crippen molar-refractivity contribution in [2.24, 2.45) is 17.8 Å². The van der Waals surface area contributed by atoms with Crippen molar-refractivity contribution >= 4 is 11.6 Å². The standard InChI is InChI=1S/C36H45F3N4O4/c1-45-23-26-19-43(21-32(26)30-8-5-27(36(37,38)39)17-34(30)41-13-9-24(18-40)10-14-41)35(44)33-22-42(28-11-15-47-16-12-28)20-31(33)25-3-6-29(46-2)7-4-25/h3-8,17,24,26,28,31-33H,9-16,19-23H2,1-2H3/t26-,31+,32+,33-/m1/s1. The zero-order chi connectivity index (χ0) is 33.1. The Balaban J connectivity index is 1.29. The van der Waals surface area contributed by atoms with Gasteiger partial charge in [-0.25, -0.2) is 0 Å². The van der Waals surface area contributed by atoms with Crippen LogP contribution in [0.5, 0.6) is 5.75 Å². The number of carbonyl (C=O) groups excluding carboxylic acids is 1. The maximum Gasteiger partial charge on any atom is 0.416 e. The molecule has 2 aromatic carbocycles. The maximum absolute atomic E-state index is 14.6. The van der Waals surface area contributed by atoms with Crippen molar-refractivity contribution in [3.05, 3.63) is 59.2 Å².